The van der Waals surface area contributed by atoms with Crippen LogP contribution in [0.5, 0.6) is 0 Å². The Balaban J connectivity index is 2.68. The first-order chi connectivity index (χ1) is 9.45. The van der Waals surface area contributed by atoms with Crippen molar-refractivity contribution >= 4 is 23.0 Å². The van der Waals surface area contributed by atoms with Gasteiger partial charge < -0.3 is 10.1 Å². The van der Waals surface area contributed by atoms with Crippen LogP contribution < -0.4 is 10.7 Å². The third kappa shape index (κ3) is 4.82. The molecule has 0 amide bonds. The van der Waals surface area contributed by atoms with Crippen LogP contribution in [0.4, 0.5) is 8.78 Å². The SMILES string of the molecule is COC[C@H](C)NC(=S)N/N=C(/C)c1c(F)cccc1F. The van der Waals surface area contributed by atoms with Gasteiger partial charge in [0, 0.05) is 13.2 Å². The fraction of sp³-hybridized carbons (Fsp3) is 0.385. The van der Waals surface area contributed by atoms with E-state index >= 15 is 0 Å². The molecular weight excluding hydrogens is 284 g/mol. The zero-order valence-electron chi connectivity index (χ0n) is 11.5. The predicted octanol–water partition coefficient (Wildman–Crippen LogP) is 2.19. The highest BCUT2D eigenvalue weighted by atomic mass is 32.1. The van der Waals surface area contributed by atoms with Crippen molar-refractivity contribution in [3.05, 3.63) is 35.4 Å². The van der Waals surface area contributed by atoms with Crippen molar-refractivity contribution < 1.29 is 13.5 Å². The zero-order valence-corrected chi connectivity index (χ0v) is 12.4. The molecule has 0 saturated heterocycles. The number of ether oxygens (including phenoxy) is 1. The van der Waals surface area contributed by atoms with Crippen molar-refractivity contribution in [2.24, 2.45) is 5.10 Å². The van der Waals surface area contributed by atoms with Gasteiger partial charge in [-0.3, -0.25) is 5.43 Å². The van der Waals surface area contributed by atoms with Crippen LogP contribution in [0.3, 0.4) is 0 Å². The molecule has 0 spiro atoms. The van der Waals surface area contributed by atoms with Gasteiger partial charge in [-0.2, -0.15) is 5.10 Å². The first-order valence-electron chi connectivity index (χ1n) is 5.99. The molecule has 1 aromatic rings. The van der Waals surface area contributed by atoms with Gasteiger partial charge >= 0.3 is 0 Å². The molecule has 20 heavy (non-hydrogen) atoms. The second kappa shape index (κ2) is 7.86. The zero-order chi connectivity index (χ0) is 15.1. The normalized spacial score (nSPS) is 12.9. The van der Waals surface area contributed by atoms with Crippen molar-refractivity contribution in [3.63, 3.8) is 0 Å². The van der Waals surface area contributed by atoms with Gasteiger partial charge in [0.2, 0.25) is 0 Å². The third-order valence-electron chi connectivity index (χ3n) is 2.44. The van der Waals surface area contributed by atoms with Gasteiger partial charge in [0.25, 0.3) is 0 Å². The summed E-state index contributed by atoms with van der Waals surface area (Å²) in [7, 11) is 1.58. The van der Waals surface area contributed by atoms with Gasteiger partial charge in [-0.05, 0) is 38.2 Å². The monoisotopic (exact) mass is 301 g/mol. The molecule has 4 nitrogen and oxygen atoms in total. The maximum absolute atomic E-state index is 13.5. The average molecular weight is 301 g/mol. The Morgan fingerprint density at radius 3 is 2.55 bits per heavy atom. The Morgan fingerprint density at radius 1 is 1.40 bits per heavy atom. The number of hydrazone groups is 1. The van der Waals surface area contributed by atoms with Crippen molar-refractivity contribution in [2.45, 2.75) is 19.9 Å². The van der Waals surface area contributed by atoms with E-state index in [1.54, 1.807) is 7.11 Å². The lowest BCUT2D eigenvalue weighted by Gasteiger charge is -2.14. The van der Waals surface area contributed by atoms with Gasteiger partial charge in [0.15, 0.2) is 5.11 Å². The first-order valence-corrected chi connectivity index (χ1v) is 6.40. The summed E-state index contributed by atoms with van der Waals surface area (Å²) in [6.07, 6.45) is 0. The van der Waals surface area contributed by atoms with Gasteiger partial charge in [0.1, 0.15) is 11.6 Å². The number of thiocarbonyl (C=S) groups is 1. The average Bonchev–Trinajstić information content (AvgIpc) is 2.36. The van der Waals surface area contributed by atoms with Crippen molar-refractivity contribution in [2.75, 3.05) is 13.7 Å². The third-order valence-corrected chi connectivity index (χ3v) is 2.65. The van der Waals surface area contributed by atoms with Crippen molar-refractivity contribution in [3.8, 4) is 0 Å². The number of nitrogens with zero attached hydrogens (tertiary/aromatic N) is 1. The Labute approximate surface area is 122 Å². The molecule has 0 aromatic heterocycles. The Morgan fingerprint density at radius 2 is 2.00 bits per heavy atom. The number of hydrogen-bond acceptors (Lipinski definition) is 3. The molecule has 0 saturated carbocycles. The summed E-state index contributed by atoms with van der Waals surface area (Å²) >= 11 is 5.01. The molecule has 0 aliphatic heterocycles. The van der Waals surface area contributed by atoms with Gasteiger partial charge in [-0.25, -0.2) is 8.78 Å². The smallest absolute Gasteiger partial charge is 0.187 e. The predicted molar refractivity (Wildman–Crippen MR) is 78.8 cm³/mol. The molecule has 1 atom stereocenters. The molecule has 0 heterocycles. The van der Waals surface area contributed by atoms with Crippen LogP contribution in [-0.2, 0) is 4.74 Å². The van der Waals surface area contributed by atoms with Crippen LogP contribution in [0.15, 0.2) is 23.3 Å². The first kappa shape index (κ1) is 16.5. The van der Waals surface area contributed by atoms with E-state index in [0.29, 0.717) is 6.61 Å². The van der Waals surface area contributed by atoms with Crippen molar-refractivity contribution in [1.29, 1.82) is 0 Å². The lowest BCUT2D eigenvalue weighted by molar-refractivity contribution is 0.179. The summed E-state index contributed by atoms with van der Waals surface area (Å²) in [6.45, 7) is 3.85. The Bertz CT molecular complexity index is 488. The number of hydrogen-bond donors (Lipinski definition) is 2. The highest BCUT2D eigenvalue weighted by Crippen LogP contribution is 2.12. The van der Waals surface area contributed by atoms with Crippen molar-refractivity contribution in [1.82, 2.24) is 10.7 Å². The highest BCUT2D eigenvalue weighted by molar-refractivity contribution is 7.80. The van der Waals surface area contributed by atoms with E-state index in [0.717, 1.165) is 0 Å². The number of rotatable bonds is 5. The molecule has 110 valence electrons. The maximum Gasteiger partial charge on any atom is 0.187 e. The molecule has 0 radical (unpaired) electrons. The second-order valence-electron chi connectivity index (χ2n) is 4.24. The number of methoxy groups -OCH3 is 1. The summed E-state index contributed by atoms with van der Waals surface area (Å²) in [5.41, 5.74) is 2.54. The summed E-state index contributed by atoms with van der Waals surface area (Å²) in [5.74, 6) is -1.33. The van der Waals surface area contributed by atoms with Crippen LogP contribution in [-0.4, -0.2) is 30.6 Å². The molecular formula is C13H17F2N3OS. The largest absolute Gasteiger partial charge is 0.383 e. The quantitative estimate of drug-likeness (QED) is 0.497. The molecule has 2 N–H and O–H groups in total. The molecule has 1 aromatic carbocycles. The van der Waals surface area contributed by atoms with Crippen LogP contribution in [0.2, 0.25) is 0 Å². The van der Waals surface area contributed by atoms with Gasteiger partial charge in [0.05, 0.1) is 17.9 Å². The fourth-order valence-corrected chi connectivity index (χ4v) is 1.83. The summed E-state index contributed by atoms with van der Waals surface area (Å²) in [5, 5.41) is 7.04. The van der Waals surface area contributed by atoms with Gasteiger partial charge in [-0.1, -0.05) is 6.07 Å². The van der Waals surface area contributed by atoms with Crippen LogP contribution >= 0.6 is 12.2 Å². The van der Waals surface area contributed by atoms with E-state index in [4.69, 9.17) is 17.0 Å². The lowest BCUT2D eigenvalue weighted by Crippen LogP contribution is -2.40. The van der Waals surface area contributed by atoms with E-state index in [1.807, 2.05) is 6.92 Å². The topological polar surface area (TPSA) is 45.6 Å². The van der Waals surface area contributed by atoms with E-state index < -0.39 is 11.6 Å². The summed E-state index contributed by atoms with van der Waals surface area (Å²) in [6, 6.07) is 3.65. The summed E-state index contributed by atoms with van der Waals surface area (Å²) < 4.78 is 32.0. The number of nitrogens with one attached hydrogen (secondary N) is 2. The van der Waals surface area contributed by atoms with Crippen LogP contribution in [0, 0.1) is 11.6 Å². The van der Waals surface area contributed by atoms with E-state index in [2.05, 4.69) is 15.8 Å². The minimum Gasteiger partial charge on any atom is -0.383 e. The fourth-order valence-electron chi connectivity index (χ4n) is 1.58. The van der Waals surface area contributed by atoms with Crippen LogP contribution in [0.1, 0.15) is 19.4 Å². The highest BCUT2D eigenvalue weighted by Gasteiger charge is 2.11. The molecule has 0 aliphatic carbocycles. The minimum atomic E-state index is -0.667. The molecule has 0 fully saturated rings. The van der Waals surface area contributed by atoms with E-state index in [1.165, 1.54) is 25.1 Å². The second-order valence-corrected chi connectivity index (χ2v) is 4.64. The number of benzene rings is 1. The minimum absolute atomic E-state index is 0.000652. The Hall–Kier alpha value is -1.60. The summed E-state index contributed by atoms with van der Waals surface area (Å²) in [4.78, 5) is 0. The van der Waals surface area contributed by atoms with Crippen LogP contribution in [0.25, 0.3) is 0 Å². The maximum atomic E-state index is 13.5. The molecule has 1 rings (SSSR count). The Kier molecular flexibility index (Phi) is 6.47. The lowest BCUT2D eigenvalue weighted by atomic mass is 10.1. The van der Waals surface area contributed by atoms with E-state index in [9.17, 15) is 8.78 Å². The molecule has 0 bridgehead atoms. The molecule has 0 unspecified atom stereocenters. The van der Waals surface area contributed by atoms with E-state index in [-0.39, 0.29) is 22.4 Å². The van der Waals surface area contributed by atoms with Gasteiger partial charge in [-0.15, -0.1) is 0 Å². The molecule has 7 heteroatoms. The molecule has 0 aliphatic rings. The number of halogens is 2. The standard InChI is InChI=1S/C13H17F2N3OS/c1-8(7-19-3)16-13(20)18-17-9(2)12-10(14)5-4-6-11(12)15/h4-6,8H,7H2,1-3H3,(H2,16,18,20)/b17-9-/t8-/m0/s1.